The number of rotatable bonds is 6. The highest BCUT2D eigenvalue weighted by Crippen LogP contribution is 2.26. The maximum absolute atomic E-state index is 5.90. The molecule has 0 aliphatic carbocycles. The highest BCUT2D eigenvalue weighted by molar-refractivity contribution is 4.80. The highest BCUT2D eigenvalue weighted by atomic mass is 15.2. The fraction of sp³-hybridized carbons (Fsp3) is 1.00. The maximum atomic E-state index is 5.90. The molecule has 96 valence electrons. The minimum atomic E-state index is 0.646. The van der Waals surface area contributed by atoms with Crippen LogP contribution in [0.4, 0.5) is 0 Å². The van der Waals surface area contributed by atoms with E-state index in [0.29, 0.717) is 6.04 Å². The monoisotopic (exact) mass is 226 g/mol. The number of hydrogen-bond donors (Lipinski definition) is 1. The van der Waals surface area contributed by atoms with Crippen molar-refractivity contribution in [3.8, 4) is 0 Å². The van der Waals surface area contributed by atoms with Crippen LogP contribution in [0.1, 0.15) is 52.9 Å². The van der Waals surface area contributed by atoms with Crippen molar-refractivity contribution in [1.29, 1.82) is 0 Å². The van der Waals surface area contributed by atoms with Gasteiger partial charge >= 0.3 is 0 Å². The second kappa shape index (κ2) is 7.29. The highest BCUT2D eigenvalue weighted by Gasteiger charge is 2.25. The number of unbranched alkanes of at least 4 members (excludes halogenated alkanes) is 1. The zero-order valence-corrected chi connectivity index (χ0v) is 11.4. The SMILES string of the molecule is CCCCC(CN)N1CCC(C(C)C)CC1. The topological polar surface area (TPSA) is 29.3 Å². The third-order valence-electron chi connectivity index (χ3n) is 4.20. The number of likely N-dealkylation sites (tertiary alicyclic amines) is 1. The molecule has 16 heavy (non-hydrogen) atoms. The Balaban J connectivity index is 2.32. The van der Waals surface area contributed by atoms with E-state index in [2.05, 4.69) is 25.7 Å². The van der Waals surface area contributed by atoms with Crippen LogP contribution in [0.2, 0.25) is 0 Å². The molecule has 1 heterocycles. The van der Waals surface area contributed by atoms with Crippen LogP contribution in [0, 0.1) is 11.8 Å². The van der Waals surface area contributed by atoms with Gasteiger partial charge in [-0.2, -0.15) is 0 Å². The number of piperidine rings is 1. The molecule has 0 aromatic heterocycles. The van der Waals surface area contributed by atoms with Gasteiger partial charge in [0.15, 0.2) is 0 Å². The molecule has 0 aromatic carbocycles. The molecule has 1 atom stereocenters. The zero-order valence-electron chi connectivity index (χ0n) is 11.4. The van der Waals surface area contributed by atoms with Gasteiger partial charge in [-0.15, -0.1) is 0 Å². The first-order valence-corrected chi connectivity index (χ1v) is 7.13. The van der Waals surface area contributed by atoms with Gasteiger partial charge < -0.3 is 5.73 Å². The first kappa shape index (κ1) is 14.0. The van der Waals surface area contributed by atoms with Crippen LogP contribution in [-0.2, 0) is 0 Å². The maximum Gasteiger partial charge on any atom is 0.0218 e. The second-order valence-corrected chi connectivity index (χ2v) is 5.65. The molecule has 1 aliphatic heterocycles. The minimum Gasteiger partial charge on any atom is -0.329 e. The standard InChI is InChI=1S/C14H30N2/c1-4-5-6-14(11-15)16-9-7-13(8-10-16)12(2)3/h12-14H,4-11,15H2,1-3H3. The van der Waals surface area contributed by atoms with Crippen LogP contribution < -0.4 is 5.73 Å². The molecule has 1 unspecified atom stereocenters. The smallest absolute Gasteiger partial charge is 0.0218 e. The Hall–Kier alpha value is -0.0800. The molecule has 2 heteroatoms. The van der Waals surface area contributed by atoms with E-state index in [1.165, 1.54) is 45.2 Å². The van der Waals surface area contributed by atoms with Crippen LogP contribution in [0.5, 0.6) is 0 Å². The van der Waals surface area contributed by atoms with Crippen molar-refractivity contribution in [2.45, 2.75) is 58.9 Å². The summed E-state index contributed by atoms with van der Waals surface area (Å²) >= 11 is 0. The summed E-state index contributed by atoms with van der Waals surface area (Å²) in [5.41, 5.74) is 5.90. The Bertz CT molecular complexity index is 172. The zero-order chi connectivity index (χ0) is 12.0. The van der Waals surface area contributed by atoms with Gasteiger partial charge in [0, 0.05) is 12.6 Å². The van der Waals surface area contributed by atoms with Gasteiger partial charge in [-0.1, -0.05) is 33.6 Å². The summed E-state index contributed by atoms with van der Waals surface area (Å²) in [6, 6.07) is 0.646. The fourth-order valence-corrected chi connectivity index (χ4v) is 2.84. The summed E-state index contributed by atoms with van der Waals surface area (Å²) in [6.07, 6.45) is 6.66. The summed E-state index contributed by atoms with van der Waals surface area (Å²) in [5, 5.41) is 0. The van der Waals surface area contributed by atoms with Gasteiger partial charge in [-0.3, -0.25) is 4.90 Å². The lowest BCUT2D eigenvalue weighted by atomic mass is 9.86. The van der Waals surface area contributed by atoms with E-state index in [1.54, 1.807) is 0 Å². The lowest BCUT2D eigenvalue weighted by molar-refractivity contribution is 0.111. The molecule has 1 saturated heterocycles. The van der Waals surface area contributed by atoms with Crippen LogP contribution in [0.3, 0.4) is 0 Å². The third-order valence-corrected chi connectivity index (χ3v) is 4.20. The van der Waals surface area contributed by atoms with Gasteiger partial charge in [0.1, 0.15) is 0 Å². The Morgan fingerprint density at radius 1 is 1.25 bits per heavy atom. The average molecular weight is 226 g/mol. The predicted octanol–water partition coefficient (Wildman–Crippen LogP) is 2.87. The number of nitrogens with zero attached hydrogens (tertiary/aromatic N) is 1. The van der Waals surface area contributed by atoms with Gasteiger partial charge in [-0.05, 0) is 44.2 Å². The number of nitrogens with two attached hydrogens (primary N) is 1. The summed E-state index contributed by atoms with van der Waals surface area (Å²) in [6.45, 7) is 10.4. The van der Waals surface area contributed by atoms with Crippen LogP contribution in [-0.4, -0.2) is 30.6 Å². The van der Waals surface area contributed by atoms with Crippen LogP contribution in [0.25, 0.3) is 0 Å². The Kier molecular flexibility index (Phi) is 6.37. The summed E-state index contributed by atoms with van der Waals surface area (Å²) in [4.78, 5) is 2.63. The largest absolute Gasteiger partial charge is 0.329 e. The summed E-state index contributed by atoms with van der Waals surface area (Å²) in [7, 11) is 0. The van der Waals surface area contributed by atoms with E-state index in [-0.39, 0.29) is 0 Å². The summed E-state index contributed by atoms with van der Waals surface area (Å²) < 4.78 is 0. The van der Waals surface area contributed by atoms with Gasteiger partial charge in [0.05, 0.1) is 0 Å². The van der Waals surface area contributed by atoms with Crippen LogP contribution in [0.15, 0.2) is 0 Å². The van der Waals surface area contributed by atoms with Crippen molar-refractivity contribution in [3.63, 3.8) is 0 Å². The quantitative estimate of drug-likeness (QED) is 0.754. The first-order valence-electron chi connectivity index (χ1n) is 7.13. The average Bonchev–Trinajstić information content (AvgIpc) is 2.30. The molecule has 0 spiro atoms. The minimum absolute atomic E-state index is 0.646. The molecule has 0 aromatic rings. The van der Waals surface area contributed by atoms with Crippen molar-refractivity contribution in [1.82, 2.24) is 4.90 Å². The van der Waals surface area contributed by atoms with Crippen molar-refractivity contribution >= 4 is 0 Å². The normalized spacial score (nSPS) is 21.6. The molecule has 2 nitrogen and oxygen atoms in total. The molecular formula is C14H30N2. The van der Waals surface area contributed by atoms with Crippen molar-refractivity contribution in [2.75, 3.05) is 19.6 Å². The molecule has 0 radical (unpaired) electrons. The number of hydrogen-bond acceptors (Lipinski definition) is 2. The van der Waals surface area contributed by atoms with E-state index in [1.807, 2.05) is 0 Å². The van der Waals surface area contributed by atoms with Crippen molar-refractivity contribution in [3.05, 3.63) is 0 Å². The van der Waals surface area contributed by atoms with Crippen LogP contribution >= 0.6 is 0 Å². The van der Waals surface area contributed by atoms with E-state index in [0.717, 1.165) is 18.4 Å². The molecule has 0 amide bonds. The Morgan fingerprint density at radius 3 is 2.31 bits per heavy atom. The second-order valence-electron chi connectivity index (χ2n) is 5.65. The molecule has 1 fully saturated rings. The first-order chi connectivity index (χ1) is 7.69. The molecule has 1 rings (SSSR count). The molecule has 1 aliphatic rings. The van der Waals surface area contributed by atoms with Gasteiger partial charge in [-0.25, -0.2) is 0 Å². The van der Waals surface area contributed by atoms with Gasteiger partial charge in [0.2, 0.25) is 0 Å². The summed E-state index contributed by atoms with van der Waals surface area (Å²) in [5.74, 6) is 1.80. The van der Waals surface area contributed by atoms with Crippen molar-refractivity contribution in [2.24, 2.45) is 17.6 Å². The Labute approximate surface area is 102 Å². The van der Waals surface area contributed by atoms with E-state index >= 15 is 0 Å². The van der Waals surface area contributed by atoms with E-state index in [9.17, 15) is 0 Å². The van der Waals surface area contributed by atoms with E-state index < -0.39 is 0 Å². The third kappa shape index (κ3) is 4.06. The lowest BCUT2D eigenvalue weighted by Gasteiger charge is -2.38. The molecule has 0 saturated carbocycles. The molecule has 0 bridgehead atoms. The fourth-order valence-electron chi connectivity index (χ4n) is 2.84. The van der Waals surface area contributed by atoms with E-state index in [4.69, 9.17) is 5.73 Å². The van der Waals surface area contributed by atoms with Gasteiger partial charge in [0.25, 0.3) is 0 Å². The predicted molar refractivity (Wildman–Crippen MR) is 71.5 cm³/mol. The molecular weight excluding hydrogens is 196 g/mol. The lowest BCUT2D eigenvalue weighted by Crippen LogP contribution is -2.45. The molecule has 2 N–H and O–H groups in total. The Morgan fingerprint density at radius 2 is 1.88 bits per heavy atom. The van der Waals surface area contributed by atoms with Crippen molar-refractivity contribution < 1.29 is 0 Å².